The van der Waals surface area contributed by atoms with E-state index in [0.717, 1.165) is 0 Å². The van der Waals surface area contributed by atoms with Crippen molar-refractivity contribution in [3.63, 3.8) is 0 Å². The molecule has 1 aromatic rings. The van der Waals surface area contributed by atoms with Crippen LogP contribution in [0.4, 0.5) is 15.9 Å². The molecule has 0 aliphatic heterocycles. The standard InChI is InChI=1S/C9H11FN4/c10-3-1-4-13-9-8(12)7(6-11)2-5-14-9/h2,5H,1,3-4,12H2,(H,13,14). The molecule has 1 heterocycles. The maximum Gasteiger partial charge on any atom is 0.150 e. The monoisotopic (exact) mass is 194 g/mol. The molecule has 0 fully saturated rings. The topological polar surface area (TPSA) is 74.7 Å². The zero-order valence-corrected chi connectivity index (χ0v) is 7.63. The van der Waals surface area contributed by atoms with E-state index >= 15 is 0 Å². The van der Waals surface area contributed by atoms with Crippen LogP contribution < -0.4 is 11.1 Å². The number of anilines is 2. The van der Waals surface area contributed by atoms with Gasteiger partial charge >= 0.3 is 0 Å². The van der Waals surface area contributed by atoms with Gasteiger partial charge in [0, 0.05) is 12.7 Å². The minimum atomic E-state index is -0.384. The summed E-state index contributed by atoms with van der Waals surface area (Å²) in [6, 6.07) is 3.48. The third-order valence-corrected chi connectivity index (χ3v) is 1.71. The molecule has 3 N–H and O–H groups in total. The summed E-state index contributed by atoms with van der Waals surface area (Å²) in [6.07, 6.45) is 1.89. The number of hydrogen-bond acceptors (Lipinski definition) is 4. The lowest BCUT2D eigenvalue weighted by atomic mass is 10.2. The maximum absolute atomic E-state index is 11.8. The van der Waals surface area contributed by atoms with Gasteiger partial charge in [0.25, 0.3) is 0 Å². The van der Waals surface area contributed by atoms with Gasteiger partial charge in [-0.05, 0) is 12.5 Å². The summed E-state index contributed by atoms with van der Waals surface area (Å²) in [5.74, 6) is 0.442. The second-order valence-electron chi connectivity index (χ2n) is 2.70. The third-order valence-electron chi connectivity index (χ3n) is 1.71. The van der Waals surface area contributed by atoms with E-state index in [4.69, 9.17) is 11.0 Å². The van der Waals surface area contributed by atoms with Crippen LogP contribution in [0, 0.1) is 11.3 Å². The Kier molecular flexibility index (Phi) is 3.68. The number of nitriles is 1. The summed E-state index contributed by atoms with van der Waals surface area (Å²) in [6.45, 7) is 0.0768. The molecule has 0 amide bonds. The molecule has 0 radical (unpaired) electrons. The lowest BCUT2D eigenvalue weighted by Gasteiger charge is -2.07. The summed E-state index contributed by atoms with van der Waals surface area (Å²) in [5, 5.41) is 11.5. The Morgan fingerprint density at radius 3 is 3.07 bits per heavy atom. The highest BCUT2D eigenvalue weighted by Crippen LogP contribution is 2.18. The molecule has 14 heavy (non-hydrogen) atoms. The van der Waals surface area contributed by atoms with Gasteiger partial charge in [0.05, 0.1) is 17.9 Å². The highest BCUT2D eigenvalue weighted by Gasteiger charge is 2.04. The Bertz CT molecular complexity index is 345. The lowest BCUT2D eigenvalue weighted by Crippen LogP contribution is -2.07. The van der Waals surface area contributed by atoms with Crippen LogP contribution in [0.15, 0.2) is 12.3 Å². The fourth-order valence-electron chi connectivity index (χ4n) is 0.985. The quantitative estimate of drug-likeness (QED) is 0.708. The summed E-state index contributed by atoms with van der Waals surface area (Å²) in [4.78, 5) is 3.95. The number of aromatic nitrogens is 1. The Balaban J connectivity index is 2.73. The van der Waals surface area contributed by atoms with Crippen molar-refractivity contribution in [2.45, 2.75) is 6.42 Å². The van der Waals surface area contributed by atoms with Crippen LogP contribution in [0.2, 0.25) is 0 Å². The van der Waals surface area contributed by atoms with Crippen molar-refractivity contribution in [1.29, 1.82) is 5.26 Å². The number of pyridine rings is 1. The average Bonchev–Trinajstić information content (AvgIpc) is 2.21. The number of nitrogens with zero attached hydrogens (tertiary/aromatic N) is 2. The normalized spacial score (nSPS) is 9.43. The molecule has 0 atom stereocenters. The molecular formula is C9H11FN4. The Morgan fingerprint density at radius 1 is 1.64 bits per heavy atom. The molecular weight excluding hydrogens is 183 g/mol. The van der Waals surface area contributed by atoms with Crippen LogP contribution in [0.25, 0.3) is 0 Å². The van der Waals surface area contributed by atoms with Crippen LogP contribution in [-0.2, 0) is 0 Å². The first kappa shape index (κ1) is 10.3. The first-order valence-electron chi connectivity index (χ1n) is 4.24. The van der Waals surface area contributed by atoms with E-state index in [9.17, 15) is 4.39 Å². The van der Waals surface area contributed by atoms with E-state index < -0.39 is 0 Å². The second-order valence-corrected chi connectivity index (χ2v) is 2.70. The van der Waals surface area contributed by atoms with Crippen molar-refractivity contribution >= 4 is 11.5 Å². The molecule has 0 unspecified atom stereocenters. The molecule has 0 aliphatic carbocycles. The fraction of sp³-hybridized carbons (Fsp3) is 0.333. The molecule has 0 saturated carbocycles. The van der Waals surface area contributed by atoms with Gasteiger partial charge in [-0.1, -0.05) is 0 Å². The highest BCUT2D eigenvalue weighted by atomic mass is 19.1. The highest BCUT2D eigenvalue weighted by molar-refractivity contribution is 5.68. The molecule has 5 heteroatoms. The molecule has 0 spiro atoms. The molecule has 4 nitrogen and oxygen atoms in total. The maximum atomic E-state index is 11.8. The van der Waals surface area contributed by atoms with E-state index in [1.54, 1.807) is 0 Å². The Morgan fingerprint density at radius 2 is 2.43 bits per heavy atom. The van der Waals surface area contributed by atoms with Crippen LogP contribution in [0.5, 0.6) is 0 Å². The first-order valence-corrected chi connectivity index (χ1v) is 4.24. The zero-order chi connectivity index (χ0) is 10.4. The Labute approximate surface area is 81.6 Å². The van der Waals surface area contributed by atoms with Gasteiger partial charge in [-0.25, -0.2) is 4.98 Å². The molecule has 0 aliphatic rings. The third kappa shape index (κ3) is 2.33. The zero-order valence-electron chi connectivity index (χ0n) is 7.63. The predicted molar refractivity (Wildman–Crippen MR) is 52.4 cm³/mol. The SMILES string of the molecule is N#Cc1ccnc(NCCCF)c1N. The van der Waals surface area contributed by atoms with Gasteiger partial charge < -0.3 is 11.1 Å². The Hall–Kier alpha value is -1.83. The fourth-order valence-corrected chi connectivity index (χ4v) is 0.985. The molecule has 0 bridgehead atoms. The summed E-state index contributed by atoms with van der Waals surface area (Å²) in [7, 11) is 0. The van der Waals surface area contributed by atoms with Crippen molar-refractivity contribution in [3.8, 4) is 6.07 Å². The van der Waals surface area contributed by atoms with E-state index in [-0.39, 0.29) is 6.67 Å². The molecule has 0 aromatic carbocycles. The predicted octanol–water partition coefficient (Wildman–Crippen LogP) is 1.31. The van der Waals surface area contributed by atoms with Gasteiger partial charge in [-0.15, -0.1) is 0 Å². The number of alkyl halides is 1. The van der Waals surface area contributed by atoms with Crippen molar-refractivity contribution in [2.75, 3.05) is 24.3 Å². The van der Waals surface area contributed by atoms with E-state index in [1.807, 2.05) is 6.07 Å². The number of nitrogens with two attached hydrogens (primary N) is 1. The van der Waals surface area contributed by atoms with Gasteiger partial charge in [-0.3, -0.25) is 4.39 Å². The van der Waals surface area contributed by atoms with Crippen molar-refractivity contribution in [1.82, 2.24) is 4.98 Å². The van der Waals surface area contributed by atoms with E-state index in [0.29, 0.717) is 30.0 Å². The molecule has 1 aromatic heterocycles. The number of nitrogen functional groups attached to an aromatic ring is 1. The van der Waals surface area contributed by atoms with E-state index in [2.05, 4.69) is 10.3 Å². The molecule has 1 rings (SSSR count). The van der Waals surface area contributed by atoms with E-state index in [1.165, 1.54) is 12.3 Å². The van der Waals surface area contributed by atoms with Crippen molar-refractivity contribution in [3.05, 3.63) is 17.8 Å². The largest absolute Gasteiger partial charge is 0.395 e. The van der Waals surface area contributed by atoms with Gasteiger partial charge in [0.1, 0.15) is 6.07 Å². The minimum Gasteiger partial charge on any atom is -0.395 e. The van der Waals surface area contributed by atoms with Gasteiger partial charge in [0.15, 0.2) is 5.82 Å². The number of halogens is 1. The number of rotatable bonds is 4. The summed E-state index contributed by atoms with van der Waals surface area (Å²) in [5.41, 5.74) is 6.33. The summed E-state index contributed by atoms with van der Waals surface area (Å²) < 4.78 is 11.8. The van der Waals surface area contributed by atoms with Crippen LogP contribution in [-0.4, -0.2) is 18.2 Å². The van der Waals surface area contributed by atoms with Crippen molar-refractivity contribution < 1.29 is 4.39 Å². The second kappa shape index (κ2) is 5.02. The van der Waals surface area contributed by atoms with Gasteiger partial charge in [-0.2, -0.15) is 5.26 Å². The first-order chi connectivity index (χ1) is 6.79. The summed E-state index contributed by atoms with van der Waals surface area (Å²) >= 11 is 0. The van der Waals surface area contributed by atoms with Crippen LogP contribution in [0.1, 0.15) is 12.0 Å². The lowest BCUT2D eigenvalue weighted by molar-refractivity contribution is 0.481. The van der Waals surface area contributed by atoms with Gasteiger partial charge in [0.2, 0.25) is 0 Å². The van der Waals surface area contributed by atoms with Crippen LogP contribution in [0.3, 0.4) is 0 Å². The number of hydrogen-bond donors (Lipinski definition) is 2. The smallest absolute Gasteiger partial charge is 0.150 e. The number of nitrogens with one attached hydrogen (secondary N) is 1. The van der Waals surface area contributed by atoms with Crippen LogP contribution >= 0.6 is 0 Å². The minimum absolute atomic E-state index is 0.314. The molecule has 0 saturated heterocycles. The molecule has 74 valence electrons. The van der Waals surface area contributed by atoms with Crippen molar-refractivity contribution in [2.24, 2.45) is 0 Å². The average molecular weight is 194 g/mol.